The Morgan fingerprint density at radius 3 is 2.68 bits per heavy atom. The normalized spacial score (nSPS) is 20.0. The number of hydrogen-bond donors (Lipinski definition) is 0. The van der Waals surface area contributed by atoms with Gasteiger partial charge in [-0.2, -0.15) is 0 Å². The molecule has 1 aromatic rings. The topological polar surface area (TPSA) is 43.7 Å². The predicted octanol–water partition coefficient (Wildman–Crippen LogP) is 3.02. The number of hydroxylamine groups is 2. The van der Waals surface area contributed by atoms with Gasteiger partial charge in [-0.05, 0) is 25.1 Å². The van der Waals surface area contributed by atoms with Gasteiger partial charge in [-0.1, -0.05) is 23.8 Å². The van der Waals surface area contributed by atoms with E-state index in [1.54, 1.807) is 12.2 Å². The van der Waals surface area contributed by atoms with Crippen LogP contribution in [-0.2, 0) is 4.84 Å². The molecule has 112 valence electrons. The molecule has 0 bridgehead atoms. The first kappa shape index (κ1) is 13.1. The average Bonchev–Trinajstić information content (AvgIpc) is 2.98. The summed E-state index contributed by atoms with van der Waals surface area (Å²) in [6.07, 6.45) is 3.96. The molecule has 22 heavy (non-hydrogen) atoms. The molecule has 6 nitrogen and oxygen atoms in total. The fraction of sp³-hybridized carbons (Fsp3) is 0.250. The number of anilines is 1. The minimum absolute atomic E-state index is 0.611. The van der Waals surface area contributed by atoms with Crippen LogP contribution in [0.15, 0.2) is 75.7 Å². The molecule has 0 aromatic heterocycles. The lowest BCUT2D eigenvalue weighted by molar-refractivity contribution is -0.0952. The van der Waals surface area contributed by atoms with Crippen LogP contribution in [0.3, 0.4) is 0 Å². The van der Waals surface area contributed by atoms with Crippen LogP contribution < -0.4 is 4.90 Å². The molecule has 0 spiro atoms. The van der Waals surface area contributed by atoms with Gasteiger partial charge in [-0.25, -0.2) is 5.06 Å². The zero-order chi connectivity index (χ0) is 15.1. The Bertz CT molecular complexity index is 719. The molecule has 0 saturated heterocycles. The van der Waals surface area contributed by atoms with Crippen molar-refractivity contribution in [3.8, 4) is 0 Å². The summed E-state index contributed by atoms with van der Waals surface area (Å²) in [5, 5.41) is 10.4. The molecule has 3 aliphatic heterocycles. The Kier molecular flexibility index (Phi) is 2.97. The fourth-order valence-electron chi connectivity index (χ4n) is 2.91. The molecule has 0 radical (unpaired) electrons. The molecule has 0 N–H and O–H groups in total. The molecule has 6 heteroatoms. The maximum atomic E-state index is 5.30. The minimum Gasteiger partial charge on any atom is -0.322 e. The molecule has 1 aromatic carbocycles. The first-order valence-electron chi connectivity index (χ1n) is 7.22. The molecule has 0 aliphatic carbocycles. The quantitative estimate of drug-likeness (QED) is 0.841. The molecule has 3 aliphatic rings. The zero-order valence-electron chi connectivity index (χ0n) is 12.6. The van der Waals surface area contributed by atoms with Crippen molar-refractivity contribution in [1.29, 1.82) is 0 Å². The van der Waals surface area contributed by atoms with Crippen LogP contribution in [0.25, 0.3) is 0 Å². The second-order valence-electron chi connectivity index (χ2n) is 5.48. The van der Waals surface area contributed by atoms with Gasteiger partial charge in [0, 0.05) is 12.2 Å². The number of para-hydroxylation sites is 1. The van der Waals surface area contributed by atoms with Crippen molar-refractivity contribution in [2.75, 3.05) is 25.2 Å². The van der Waals surface area contributed by atoms with Crippen LogP contribution in [0, 0.1) is 0 Å². The highest BCUT2D eigenvalue weighted by Gasteiger charge is 2.34. The Hall–Kier alpha value is -2.60. The van der Waals surface area contributed by atoms with Crippen molar-refractivity contribution in [2.24, 2.45) is 10.2 Å². The Balaban J connectivity index is 1.80. The summed E-state index contributed by atoms with van der Waals surface area (Å²) in [6.45, 7) is 3.57. The van der Waals surface area contributed by atoms with E-state index in [0.29, 0.717) is 6.67 Å². The highest BCUT2D eigenvalue weighted by atomic mass is 16.7. The smallest absolute Gasteiger partial charge is 0.177 e. The van der Waals surface area contributed by atoms with Crippen LogP contribution in [0.2, 0.25) is 0 Å². The molecule has 0 unspecified atom stereocenters. The van der Waals surface area contributed by atoms with Gasteiger partial charge >= 0.3 is 0 Å². The Morgan fingerprint density at radius 2 is 1.91 bits per heavy atom. The van der Waals surface area contributed by atoms with Gasteiger partial charge in [0.15, 0.2) is 5.82 Å². The molecule has 4 rings (SSSR count). The van der Waals surface area contributed by atoms with E-state index in [1.165, 1.54) is 5.57 Å². The number of allylic oxidation sites excluding steroid dienone is 1. The number of benzene rings is 1. The summed E-state index contributed by atoms with van der Waals surface area (Å²) in [4.78, 5) is 9.70. The summed E-state index contributed by atoms with van der Waals surface area (Å²) < 4.78 is 0. The second kappa shape index (κ2) is 4.99. The minimum atomic E-state index is 0.611. The van der Waals surface area contributed by atoms with E-state index in [-0.39, 0.29) is 0 Å². The lowest BCUT2D eigenvalue weighted by atomic mass is 10.1. The third-order valence-corrected chi connectivity index (χ3v) is 3.91. The van der Waals surface area contributed by atoms with Crippen molar-refractivity contribution in [3.63, 3.8) is 0 Å². The summed E-state index contributed by atoms with van der Waals surface area (Å²) in [7, 11) is 1.65. The molecule has 0 amide bonds. The highest BCUT2D eigenvalue weighted by Crippen LogP contribution is 2.37. The summed E-state index contributed by atoms with van der Waals surface area (Å²) in [5.41, 5.74) is 3.30. The standard InChI is InChI=1S/C16H17N5O/c1-12-8-14-16(20(9-12)13-6-4-3-5-7-13)21-11-19(22-2)10-15(21)18-17-14/h3-8,10H,9,11H2,1-2H3. The van der Waals surface area contributed by atoms with E-state index in [4.69, 9.17) is 4.84 Å². The number of rotatable bonds is 2. The lowest BCUT2D eigenvalue weighted by Gasteiger charge is -2.38. The predicted molar refractivity (Wildman–Crippen MR) is 83.1 cm³/mol. The van der Waals surface area contributed by atoms with Crippen molar-refractivity contribution in [3.05, 3.63) is 65.5 Å². The number of azo groups is 1. The van der Waals surface area contributed by atoms with Crippen LogP contribution in [0.1, 0.15) is 6.92 Å². The molecular formula is C16H17N5O. The van der Waals surface area contributed by atoms with E-state index in [0.717, 1.165) is 29.6 Å². The van der Waals surface area contributed by atoms with E-state index < -0.39 is 0 Å². The van der Waals surface area contributed by atoms with Gasteiger partial charge in [0.2, 0.25) is 0 Å². The van der Waals surface area contributed by atoms with Crippen molar-refractivity contribution >= 4 is 5.69 Å². The fourth-order valence-corrected chi connectivity index (χ4v) is 2.91. The maximum absolute atomic E-state index is 5.30. The monoisotopic (exact) mass is 295 g/mol. The molecule has 0 fully saturated rings. The van der Waals surface area contributed by atoms with Gasteiger partial charge in [0.1, 0.15) is 18.2 Å². The zero-order valence-corrected chi connectivity index (χ0v) is 12.6. The van der Waals surface area contributed by atoms with Gasteiger partial charge in [0.25, 0.3) is 0 Å². The van der Waals surface area contributed by atoms with E-state index in [2.05, 4.69) is 57.3 Å². The Morgan fingerprint density at radius 1 is 1.09 bits per heavy atom. The van der Waals surface area contributed by atoms with Gasteiger partial charge in [0.05, 0.1) is 13.3 Å². The van der Waals surface area contributed by atoms with Crippen molar-refractivity contribution in [1.82, 2.24) is 9.96 Å². The molecule has 0 saturated carbocycles. The van der Waals surface area contributed by atoms with Crippen molar-refractivity contribution in [2.45, 2.75) is 6.92 Å². The first-order chi connectivity index (χ1) is 10.8. The molecule has 3 heterocycles. The highest BCUT2D eigenvalue weighted by molar-refractivity contribution is 5.58. The average molecular weight is 295 g/mol. The number of nitrogens with zero attached hydrogens (tertiary/aromatic N) is 5. The Labute approximate surface area is 129 Å². The number of fused-ring (bicyclic) bond motifs is 2. The largest absolute Gasteiger partial charge is 0.322 e. The van der Waals surface area contributed by atoms with Gasteiger partial charge in [-0.3, -0.25) is 9.74 Å². The lowest BCUT2D eigenvalue weighted by Crippen LogP contribution is -2.40. The summed E-state index contributed by atoms with van der Waals surface area (Å²) >= 11 is 0. The second-order valence-corrected chi connectivity index (χ2v) is 5.48. The third-order valence-electron chi connectivity index (χ3n) is 3.91. The maximum Gasteiger partial charge on any atom is 0.177 e. The summed E-state index contributed by atoms with van der Waals surface area (Å²) in [5.74, 6) is 1.85. The number of hydrogen-bond acceptors (Lipinski definition) is 6. The van der Waals surface area contributed by atoms with E-state index >= 15 is 0 Å². The van der Waals surface area contributed by atoms with Crippen LogP contribution in [-0.4, -0.2) is 30.3 Å². The molecular weight excluding hydrogens is 278 g/mol. The third kappa shape index (κ3) is 2.00. The van der Waals surface area contributed by atoms with Gasteiger partial charge in [-0.15, -0.1) is 10.2 Å². The summed E-state index contributed by atoms with van der Waals surface area (Å²) in [6, 6.07) is 10.4. The van der Waals surface area contributed by atoms with Crippen molar-refractivity contribution < 1.29 is 4.84 Å². The van der Waals surface area contributed by atoms with E-state index in [1.807, 2.05) is 12.3 Å². The first-order valence-corrected chi connectivity index (χ1v) is 7.22. The van der Waals surface area contributed by atoms with Crippen LogP contribution in [0.5, 0.6) is 0 Å². The SMILES string of the molecule is CON1C=C2N=NC3=C(N2C1)N(c1ccccc1)CC(C)=C3. The van der Waals surface area contributed by atoms with Crippen LogP contribution in [0.4, 0.5) is 5.69 Å². The van der Waals surface area contributed by atoms with Gasteiger partial charge < -0.3 is 4.90 Å². The van der Waals surface area contributed by atoms with E-state index in [9.17, 15) is 0 Å². The van der Waals surface area contributed by atoms with Crippen LogP contribution >= 0.6 is 0 Å². The molecule has 0 atom stereocenters.